The van der Waals surface area contributed by atoms with E-state index in [-0.39, 0.29) is 6.61 Å². The minimum absolute atomic E-state index is 0.0695. The minimum atomic E-state index is -0.0695. The SMILES string of the molecule is OCc1[nH]c2c(Br)cccc2c1Cl. The van der Waals surface area contributed by atoms with Crippen LogP contribution >= 0.6 is 27.5 Å². The molecule has 0 unspecified atom stereocenters. The van der Waals surface area contributed by atoms with Crippen LogP contribution in [0.15, 0.2) is 22.7 Å². The lowest BCUT2D eigenvalue weighted by atomic mass is 10.2. The maximum Gasteiger partial charge on any atom is 0.0846 e. The van der Waals surface area contributed by atoms with Crippen LogP contribution in [-0.2, 0) is 6.61 Å². The summed E-state index contributed by atoms with van der Waals surface area (Å²) in [7, 11) is 0. The van der Waals surface area contributed by atoms with Gasteiger partial charge in [-0.05, 0) is 22.0 Å². The van der Waals surface area contributed by atoms with Crippen molar-refractivity contribution in [2.45, 2.75) is 6.61 Å². The number of hydrogen-bond acceptors (Lipinski definition) is 1. The van der Waals surface area contributed by atoms with Gasteiger partial charge < -0.3 is 10.1 Å². The molecule has 0 saturated carbocycles. The van der Waals surface area contributed by atoms with Crippen molar-refractivity contribution in [2.75, 3.05) is 0 Å². The number of fused-ring (bicyclic) bond motifs is 1. The summed E-state index contributed by atoms with van der Waals surface area (Å²) in [5, 5.41) is 10.5. The number of aromatic nitrogens is 1. The average molecular weight is 261 g/mol. The molecule has 1 aromatic carbocycles. The maximum absolute atomic E-state index is 8.98. The van der Waals surface area contributed by atoms with Gasteiger partial charge >= 0.3 is 0 Å². The number of benzene rings is 1. The van der Waals surface area contributed by atoms with Crippen LogP contribution in [0.4, 0.5) is 0 Å². The molecule has 0 aliphatic heterocycles. The number of hydrogen-bond donors (Lipinski definition) is 2. The van der Waals surface area contributed by atoms with Crippen molar-refractivity contribution in [3.05, 3.63) is 33.4 Å². The van der Waals surface area contributed by atoms with Crippen LogP contribution in [0.25, 0.3) is 10.9 Å². The van der Waals surface area contributed by atoms with Gasteiger partial charge in [0.1, 0.15) is 0 Å². The van der Waals surface area contributed by atoms with Crippen LogP contribution in [0, 0.1) is 0 Å². The molecule has 0 radical (unpaired) electrons. The van der Waals surface area contributed by atoms with Gasteiger partial charge in [0.2, 0.25) is 0 Å². The molecular formula is C9H7BrClNO. The molecule has 2 nitrogen and oxygen atoms in total. The van der Waals surface area contributed by atoms with Crippen LogP contribution < -0.4 is 0 Å². The summed E-state index contributed by atoms with van der Waals surface area (Å²) in [4.78, 5) is 3.05. The normalized spacial score (nSPS) is 11.0. The first-order valence-electron chi connectivity index (χ1n) is 3.79. The van der Waals surface area contributed by atoms with E-state index < -0.39 is 0 Å². The Kier molecular flexibility index (Phi) is 2.32. The van der Waals surface area contributed by atoms with Crippen LogP contribution in [0.2, 0.25) is 5.02 Å². The smallest absolute Gasteiger partial charge is 0.0846 e. The Balaban J connectivity index is 2.83. The summed E-state index contributed by atoms with van der Waals surface area (Å²) in [6.45, 7) is -0.0695. The number of rotatable bonds is 1. The lowest BCUT2D eigenvalue weighted by Crippen LogP contribution is -1.81. The van der Waals surface area contributed by atoms with Crippen LogP contribution in [0.3, 0.4) is 0 Å². The fraction of sp³-hybridized carbons (Fsp3) is 0.111. The zero-order valence-corrected chi connectivity index (χ0v) is 8.98. The monoisotopic (exact) mass is 259 g/mol. The van der Waals surface area contributed by atoms with Crippen molar-refractivity contribution in [3.63, 3.8) is 0 Å². The summed E-state index contributed by atoms with van der Waals surface area (Å²) in [5.74, 6) is 0. The quantitative estimate of drug-likeness (QED) is 0.812. The second-order valence-electron chi connectivity index (χ2n) is 2.74. The fourth-order valence-electron chi connectivity index (χ4n) is 1.31. The van der Waals surface area contributed by atoms with Crippen LogP contribution in [0.5, 0.6) is 0 Å². The molecule has 1 aromatic heterocycles. The molecule has 4 heteroatoms. The molecular weight excluding hydrogens is 253 g/mol. The molecule has 0 aliphatic rings. The van der Waals surface area contributed by atoms with E-state index in [2.05, 4.69) is 20.9 Å². The molecule has 0 aliphatic carbocycles. The Bertz CT molecular complexity index is 452. The van der Waals surface area contributed by atoms with Crippen molar-refractivity contribution >= 4 is 38.4 Å². The van der Waals surface area contributed by atoms with E-state index in [0.717, 1.165) is 15.4 Å². The molecule has 0 saturated heterocycles. The van der Waals surface area contributed by atoms with Crippen molar-refractivity contribution in [1.82, 2.24) is 4.98 Å². The van der Waals surface area contributed by atoms with E-state index in [1.54, 1.807) is 0 Å². The number of aliphatic hydroxyl groups excluding tert-OH is 1. The van der Waals surface area contributed by atoms with Crippen molar-refractivity contribution in [2.24, 2.45) is 0 Å². The molecule has 2 N–H and O–H groups in total. The zero-order chi connectivity index (χ0) is 9.42. The van der Waals surface area contributed by atoms with Crippen molar-refractivity contribution < 1.29 is 5.11 Å². The van der Waals surface area contributed by atoms with Crippen LogP contribution in [-0.4, -0.2) is 10.1 Å². The van der Waals surface area contributed by atoms with Gasteiger partial charge in [0.05, 0.1) is 22.8 Å². The van der Waals surface area contributed by atoms with E-state index >= 15 is 0 Å². The first-order chi connectivity index (χ1) is 6.24. The Hall–Kier alpha value is -0.510. The zero-order valence-electron chi connectivity index (χ0n) is 6.64. The Morgan fingerprint density at radius 3 is 2.85 bits per heavy atom. The second-order valence-corrected chi connectivity index (χ2v) is 3.97. The maximum atomic E-state index is 8.98. The fourth-order valence-corrected chi connectivity index (χ4v) is 2.04. The molecule has 0 amide bonds. The van der Waals surface area contributed by atoms with Gasteiger partial charge in [-0.1, -0.05) is 23.7 Å². The van der Waals surface area contributed by atoms with Crippen molar-refractivity contribution in [1.29, 1.82) is 0 Å². The number of para-hydroxylation sites is 1. The molecule has 0 atom stereocenters. The number of aromatic amines is 1. The summed E-state index contributed by atoms with van der Waals surface area (Å²) in [5.41, 5.74) is 1.58. The molecule has 0 spiro atoms. The predicted octanol–water partition coefficient (Wildman–Crippen LogP) is 3.08. The lowest BCUT2D eigenvalue weighted by Gasteiger charge is -1.91. The molecule has 68 valence electrons. The minimum Gasteiger partial charge on any atom is -0.390 e. The lowest BCUT2D eigenvalue weighted by molar-refractivity contribution is 0.278. The van der Waals surface area contributed by atoms with Gasteiger partial charge in [-0.3, -0.25) is 0 Å². The van der Waals surface area contributed by atoms with E-state index in [0.29, 0.717) is 10.7 Å². The molecule has 2 rings (SSSR count). The Morgan fingerprint density at radius 1 is 1.46 bits per heavy atom. The number of aliphatic hydroxyl groups is 1. The molecule has 13 heavy (non-hydrogen) atoms. The summed E-state index contributed by atoms with van der Waals surface area (Å²) in [6.07, 6.45) is 0. The topological polar surface area (TPSA) is 36.0 Å². The van der Waals surface area contributed by atoms with Gasteiger partial charge in [0.25, 0.3) is 0 Å². The molecule has 0 bridgehead atoms. The van der Waals surface area contributed by atoms with Gasteiger partial charge in [0.15, 0.2) is 0 Å². The highest BCUT2D eigenvalue weighted by molar-refractivity contribution is 9.10. The van der Waals surface area contributed by atoms with Gasteiger partial charge in [-0.2, -0.15) is 0 Å². The number of H-pyrrole nitrogens is 1. The van der Waals surface area contributed by atoms with E-state index in [1.807, 2.05) is 18.2 Å². The summed E-state index contributed by atoms with van der Waals surface area (Å²) >= 11 is 9.42. The molecule has 1 heterocycles. The van der Waals surface area contributed by atoms with Gasteiger partial charge in [-0.15, -0.1) is 0 Å². The van der Waals surface area contributed by atoms with E-state index in [4.69, 9.17) is 16.7 Å². The second kappa shape index (κ2) is 3.33. The number of halogens is 2. The Morgan fingerprint density at radius 2 is 2.23 bits per heavy atom. The van der Waals surface area contributed by atoms with Crippen molar-refractivity contribution in [3.8, 4) is 0 Å². The first-order valence-corrected chi connectivity index (χ1v) is 4.96. The largest absolute Gasteiger partial charge is 0.390 e. The van der Waals surface area contributed by atoms with Gasteiger partial charge in [0, 0.05) is 9.86 Å². The first kappa shape index (κ1) is 9.06. The highest BCUT2D eigenvalue weighted by Gasteiger charge is 2.09. The molecule has 2 aromatic rings. The van der Waals surface area contributed by atoms with Crippen LogP contribution in [0.1, 0.15) is 5.69 Å². The standard InChI is InChI=1S/C9H7BrClNO/c10-6-3-1-2-5-8(11)7(4-13)12-9(5)6/h1-3,12-13H,4H2. The third-order valence-corrected chi connectivity index (χ3v) is 3.04. The Labute approximate surface area is 88.7 Å². The highest BCUT2D eigenvalue weighted by Crippen LogP contribution is 2.31. The third-order valence-electron chi connectivity index (χ3n) is 1.95. The predicted molar refractivity (Wildman–Crippen MR) is 56.9 cm³/mol. The van der Waals surface area contributed by atoms with E-state index in [9.17, 15) is 0 Å². The summed E-state index contributed by atoms with van der Waals surface area (Å²) in [6, 6.07) is 5.75. The highest BCUT2D eigenvalue weighted by atomic mass is 79.9. The third kappa shape index (κ3) is 1.37. The van der Waals surface area contributed by atoms with Gasteiger partial charge in [-0.25, -0.2) is 0 Å². The molecule has 0 fully saturated rings. The van der Waals surface area contributed by atoms with E-state index in [1.165, 1.54) is 0 Å². The number of nitrogens with one attached hydrogen (secondary N) is 1. The average Bonchev–Trinajstić information content (AvgIpc) is 2.45. The summed E-state index contributed by atoms with van der Waals surface area (Å²) < 4.78 is 0.951.